The number of carbonyl (C=O) groups excluding carboxylic acids is 1. The van der Waals surface area contributed by atoms with Crippen LogP contribution in [0.4, 0.5) is 0 Å². The van der Waals surface area contributed by atoms with E-state index in [4.69, 9.17) is 11.6 Å². The third kappa shape index (κ3) is 2.92. The van der Waals surface area contributed by atoms with E-state index in [2.05, 4.69) is 9.72 Å². The zero-order valence-electron chi connectivity index (χ0n) is 11.9. The smallest absolute Gasteiger partial charge is 0.347 e. The van der Waals surface area contributed by atoms with Crippen LogP contribution in [-0.2, 0) is 11.2 Å². The molecule has 0 aliphatic carbocycles. The molecule has 1 heterocycles. The number of H-pyrrole nitrogens is 1. The quantitative estimate of drug-likeness (QED) is 0.751. The minimum Gasteiger partial charge on any atom is -0.506 e. The number of nitrogens with one attached hydrogen (secondary N) is 1. The molecule has 0 radical (unpaired) electrons. The molecular weight excluding hydrogens is 310 g/mol. The fraction of sp³-hybridized carbons (Fsp3) is 0.200. The molecule has 7 heteroatoms. The first-order chi connectivity index (χ1) is 10.3. The van der Waals surface area contributed by atoms with E-state index >= 15 is 0 Å². The van der Waals surface area contributed by atoms with Gasteiger partial charge in [0.25, 0.3) is 5.56 Å². The lowest BCUT2D eigenvalue weighted by atomic mass is 9.99. The number of pyridine rings is 1. The first-order valence-corrected chi connectivity index (χ1v) is 6.73. The van der Waals surface area contributed by atoms with Crippen LogP contribution < -0.4 is 5.56 Å². The third-order valence-corrected chi connectivity index (χ3v) is 3.56. The summed E-state index contributed by atoms with van der Waals surface area (Å²) in [5.41, 5.74) is 0.195. The Morgan fingerprint density at radius 3 is 2.64 bits per heavy atom. The second-order valence-corrected chi connectivity index (χ2v) is 5.18. The van der Waals surface area contributed by atoms with Crippen LogP contribution >= 0.6 is 11.6 Å². The molecule has 0 amide bonds. The van der Waals surface area contributed by atoms with Gasteiger partial charge in [0, 0.05) is 11.4 Å². The van der Waals surface area contributed by atoms with Crippen LogP contribution in [0.2, 0.25) is 5.02 Å². The number of carbonyl (C=O) groups is 1. The monoisotopic (exact) mass is 323 g/mol. The molecule has 0 saturated carbocycles. The van der Waals surface area contributed by atoms with Crippen molar-refractivity contribution in [1.82, 2.24) is 4.98 Å². The van der Waals surface area contributed by atoms with Gasteiger partial charge in [-0.15, -0.1) is 0 Å². The summed E-state index contributed by atoms with van der Waals surface area (Å²) < 4.78 is 4.46. The maximum Gasteiger partial charge on any atom is 0.347 e. The number of ether oxygens (including phenoxy) is 1. The summed E-state index contributed by atoms with van der Waals surface area (Å²) >= 11 is 5.88. The Morgan fingerprint density at radius 1 is 1.36 bits per heavy atom. The Kier molecular flexibility index (Phi) is 4.42. The Labute approximate surface area is 130 Å². The number of hydrogen-bond donors (Lipinski definition) is 3. The first kappa shape index (κ1) is 15.9. The van der Waals surface area contributed by atoms with Crippen LogP contribution in [0.15, 0.2) is 23.0 Å². The number of hydrogen-bond acceptors (Lipinski definition) is 5. The first-order valence-electron chi connectivity index (χ1n) is 6.35. The van der Waals surface area contributed by atoms with Gasteiger partial charge >= 0.3 is 5.97 Å². The summed E-state index contributed by atoms with van der Waals surface area (Å²) in [5, 5.41) is 20.6. The van der Waals surface area contributed by atoms with Crippen molar-refractivity contribution in [2.24, 2.45) is 0 Å². The van der Waals surface area contributed by atoms with Gasteiger partial charge in [0.1, 0.15) is 5.75 Å². The second-order valence-electron chi connectivity index (χ2n) is 4.74. The molecule has 1 aromatic carbocycles. The molecule has 0 saturated heterocycles. The molecule has 3 N–H and O–H groups in total. The maximum absolute atomic E-state index is 11.7. The predicted molar refractivity (Wildman–Crippen MR) is 80.7 cm³/mol. The predicted octanol–water partition coefficient (Wildman–Crippen LogP) is 2.13. The number of aryl methyl sites for hydroxylation is 1. The molecular formula is C15H14ClNO5. The fourth-order valence-corrected chi connectivity index (χ4v) is 2.35. The van der Waals surface area contributed by atoms with Gasteiger partial charge in [0.05, 0.1) is 12.7 Å². The Hall–Kier alpha value is -2.47. The van der Waals surface area contributed by atoms with Gasteiger partial charge in [0.2, 0.25) is 0 Å². The number of aromatic nitrogens is 1. The van der Waals surface area contributed by atoms with E-state index in [0.717, 1.165) is 18.2 Å². The summed E-state index contributed by atoms with van der Waals surface area (Å²) in [6.45, 7) is 1.82. The number of rotatable bonds is 3. The van der Waals surface area contributed by atoms with Gasteiger partial charge in [-0.1, -0.05) is 17.7 Å². The van der Waals surface area contributed by atoms with Gasteiger partial charge in [-0.3, -0.25) is 9.78 Å². The number of methoxy groups -OCH3 is 1. The van der Waals surface area contributed by atoms with Crippen LogP contribution in [0.1, 0.15) is 27.0 Å². The molecule has 0 atom stereocenters. The van der Waals surface area contributed by atoms with Crippen LogP contribution in [0.25, 0.3) is 0 Å². The molecule has 2 rings (SSSR count). The highest BCUT2D eigenvalue weighted by Gasteiger charge is 2.23. The van der Waals surface area contributed by atoms with Crippen molar-refractivity contribution in [1.29, 1.82) is 0 Å². The summed E-state index contributed by atoms with van der Waals surface area (Å²) in [7, 11) is 1.09. The highest BCUT2D eigenvalue weighted by Crippen LogP contribution is 2.30. The van der Waals surface area contributed by atoms with E-state index in [9.17, 15) is 19.8 Å². The van der Waals surface area contributed by atoms with Crippen molar-refractivity contribution < 1.29 is 19.7 Å². The van der Waals surface area contributed by atoms with Gasteiger partial charge < -0.3 is 14.9 Å². The average Bonchev–Trinajstić information content (AvgIpc) is 2.44. The van der Waals surface area contributed by atoms with Gasteiger partial charge in [-0.05, 0) is 30.2 Å². The fourth-order valence-electron chi connectivity index (χ4n) is 2.12. The number of halogens is 1. The molecule has 0 fully saturated rings. The van der Waals surface area contributed by atoms with Crippen molar-refractivity contribution >= 4 is 17.6 Å². The van der Waals surface area contributed by atoms with Crippen LogP contribution in [-0.4, -0.2) is 28.3 Å². The summed E-state index contributed by atoms with van der Waals surface area (Å²) in [6.07, 6.45) is 0.113. The van der Waals surface area contributed by atoms with E-state index in [1.165, 1.54) is 0 Å². The van der Waals surface area contributed by atoms with Crippen molar-refractivity contribution in [3.63, 3.8) is 0 Å². The minimum atomic E-state index is -0.979. The SMILES string of the molecule is COC(=O)c1c(O)c(Cc2ccc(Cl)cc2C)c(O)[nH]c1=O. The normalized spacial score (nSPS) is 10.5. The summed E-state index contributed by atoms with van der Waals surface area (Å²) in [5.74, 6) is -2.07. The lowest BCUT2D eigenvalue weighted by molar-refractivity contribution is 0.0595. The number of esters is 1. The largest absolute Gasteiger partial charge is 0.506 e. The van der Waals surface area contributed by atoms with E-state index in [1.54, 1.807) is 18.2 Å². The third-order valence-electron chi connectivity index (χ3n) is 3.33. The Morgan fingerprint density at radius 2 is 2.05 bits per heavy atom. The highest BCUT2D eigenvalue weighted by molar-refractivity contribution is 6.30. The van der Waals surface area contributed by atoms with Gasteiger partial charge in [-0.25, -0.2) is 4.79 Å². The molecule has 116 valence electrons. The molecule has 0 bridgehead atoms. The van der Waals surface area contributed by atoms with E-state index in [1.807, 2.05) is 6.92 Å². The lowest BCUT2D eigenvalue weighted by Crippen LogP contribution is -2.20. The van der Waals surface area contributed by atoms with Crippen LogP contribution in [0.5, 0.6) is 11.6 Å². The van der Waals surface area contributed by atoms with E-state index < -0.39 is 28.7 Å². The molecule has 22 heavy (non-hydrogen) atoms. The van der Waals surface area contributed by atoms with E-state index in [0.29, 0.717) is 5.02 Å². The molecule has 0 aliphatic rings. The average molecular weight is 324 g/mol. The highest BCUT2D eigenvalue weighted by atomic mass is 35.5. The van der Waals surface area contributed by atoms with Crippen molar-refractivity contribution in [2.75, 3.05) is 7.11 Å². The number of benzene rings is 1. The topological polar surface area (TPSA) is 99.6 Å². The molecule has 0 spiro atoms. The number of aromatic amines is 1. The van der Waals surface area contributed by atoms with Crippen LogP contribution in [0.3, 0.4) is 0 Å². The van der Waals surface area contributed by atoms with E-state index in [-0.39, 0.29) is 12.0 Å². The molecule has 1 aromatic heterocycles. The zero-order chi connectivity index (χ0) is 16.4. The van der Waals surface area contributed by atoms with Crippen LogP contribution in [0, 0.1) is 6.92 Å². The summed E-state index contributed by atoms with van der Waals surface area (Å²) in [4.78, 5) is 25.4. The zero-order valence-corrected chi connectivity index (χ0v) is 12.7. The second kappa shape index (κ2) is 6.11. The summed E-state index contributed by atoms with van der Waals surface area (Å²) in [6, 6.07) is 5.14. The Bertz CT molecular complexity index is 797. The standard InChI is InChI=1S/C15H14ClNO5/c1-7-5-9(16)4-3-8(7)6-10-12(18)11(15(21)22-2)14(20)17-13(10)19/h3-5H,6H2,1-2H3,(H3,17,18,19,20). The number of aromatic hydroxyl groups is 2. The Balaban J connectivity index is 2.56. The molecule has 0 unspecified atom stereocenters. The minimum absolute atomic E-state index is 0.0328. The molecule has 2 aromatic rings. The maximum atomic E-state index is 11.7. The van der Waals surface area contributed by atoms with Crippen molar-refractivity contribution in [2.45, 2.75) is 13.3 Å². The molecule has 0 aliphatic heterocycles. The van der Waals surface area contributed by atoms with Crippen molar-refractivity contribution in [3.05, 3.63) is 55.8 Å². The lowest BCUT2D eigenvalue weighted by Gasteiger charge is -2.11. The van der Waals surface area contributed by atoms with Gasteiger partial charge in [-0.2, -0.15) is 0 Å². The molecule has 6 nitrogen and oxygen atoms in total. The van der Waals surface area contributed by atoms with Crippen molar-refractivity contribution in [3.8, 4) is 11.6 Å². The van der Waals surface area contributed by atoms with Gasteiger partial charge in [0.15, 0.2) is 11.4 Å².